The number of nitrogens with zero attached hydrogens (tertiary/aromatic N) is 1. The smallest absolute Gasteiger partial charge is 0.308 e. The van der Waals surface area contributed by atoms with E-state index in [4.69, 9.17) is 4.74 Å². The molecule has 1 N–H and O–H groups in total. The first-order valence-corrected chi connectivity index (χ1v) is 9.38. The Morgan fingerprint density at radius 2 is 1.78 bits per heavy atom. The van der Waals surface area contributed by atoms with Crippen LogP contribution >= 0.6 is 0 Å². The molecular weight excluding hydrogens is 342 g/mol. The first-order valence-electron chi connectivity index (χ1n) is 9.38. The van der Waals surface area contributed by atoms with Gasteiger partial charge in [0, 0.05) is 37.1 Å². The van der Waals surface area contributed by atoms with Crippen LogP contribution in [0.3, 0.4) is 0 Å². The number of rotatable bonds is 4. The lowest BCUT2D eigenvalue weighted by molar-refractivity contribution is -0.141. The first-order chi connectivity index (χ1) is 13.1. The molecule has 2 aromatic rings. The van der Waals surface area contributed by atoms with Crippen molar-refractivity contribution in [2.45, 2.75) is 18.3 Å². The molecule has 0 aliphatic carbocycles. The van der Waals surface area contributed by atoms with Gasteiger partial charge in [0.2, 0.25) is 0 Å². The van der Waals surface area contributed by atoms with Crippen LogP contribution in [0.1, 0.15) is 39.7 Å². The van der Waals surface area contributed by atoms with E-state index in [-0.39, 0.29) is 18.4 Å². The van der Waals surface area contributed by atoms with Crippen LogP contribution in [0.2, 0.25) is 0 Å². The van der Waals surface area contributed by atoms with Crippen LogP contribution in [0, 0.1) is 5.92 Å². The molecule has 1 amide bonds. The second kappa shape index (κ2) is 7.53. The Labute approximate surface area is 158 Å². The topological polar surface area (TPSA) is 66.8 Å². The first kappa shape index (κ1) is 17.7. The minimum absolute atomic E-state index is 0.0968. The molecule has 5 nitrogen and oxygen atoms in total. The maximum atomic E-state index is 13.1. The molecule has 1 unspecified atom stereocenters. The molecule has 0 bridgehead atoms. The zero-order chi connectivity index (χ0) is 18.8. The Morgan fingerprint density at radius 3 is 2.48 bits per heavy atom. The molecule has 2 heterocycles. The van der Waals surface area contributed by atoms with Gasteiger partial charge in [-0.2, -0.15) is 0 Å². The largest absolute Gasteiger partial charge is 0.481 e. The van der Waals surface area contributed by atoms with Crippen LogP contribution in [-0.4, -0.2) is 48.2 Å². The molecule has 0 spiro atoms. The quantitative estimate of drug-likeness (QED) is 0.904. The Hall–Kier alpha value is -2.66. The Balaban J connectivity index is 1.55. The number of likely N-dealkylation sites (tertiary alicyclic amines) is 1. The van der Waals surface area contributed by atoms with Crippen molar-refractivity contribution < 1.29 is 19.4 Å². The molecule has 0 aromatic heterocycles. The molecular formula is C22H23NO4. The van der Waals surface area contributed by atoms with E-state index in [0.717, 1.165) is 24.2 Å². The summed E-state index contributed by atoms with van der Waals surface area (Å²) in [5.74, 6) is -1.38. The molecule has 140 valence electrons. The van der Waals surface area contributed by atoms with E-state index in [2.05, 4.69) is 0 Å². The highest BCUT2D eigenvalue weighted by Gasteiger charge is 2.40. The molecule has 27 heavy (non-hydrogen) atoms. The number of carboxylic acids is 1. The normalized spacial score (nSPS) is 24.9. The van der Waals surface area contributed by atoms with Gasteiger partial charge in [0.05, 0.1) is 12.5 Å². The maximum Gasteiger partial charge on any atom is 0.308 e. The second-order valence-corrected chi connectivity index (χ2v) is 7.36. The van der Waals surface area contributed by atoms with Crippen LogP contribution < -0.4 is 0 Å². The zero-order valence-electron chi connectivity index (χ0n) is 15.1. The minimum atomic E-state index is -0.851. The van der Waals surface area contributed by atoms with Gasteiger partial charge in [0.1, 0.15) is 0 Å². The van der Waals surface area contributed by atoms with Crippen molar-refractivity contribution in [3.63, 3.8) is 0 Å². The number of ether oxygens (including phenoxy) is 1. The number of carboxylic acid groups (broad SMARTS) is 1. The third-order valence-electron chi connectivity index (χ3n) is 5.69. The van der Waals surface area contributed by atoms with Crippen molar-refractivity contribution in [1.29, 1.82) is 0 Å². The molecule has 3 atom stereocenters. The van der Waals surface area contributed by atoms with Crippen LogP contribution in [0.15, 0.2) is 54.6 Å². The number of aliphatic carboxylic acids is 1. The predicted octanol–water partition coefficient (Wildman–Crippen LogP) is 3.13. The standard InChI is InChI=1S/C22H23NO4/c24-21(17-8-4-7-16(11-17)18-9-10-27-14-18)23-12-19(20(13-23)22(25)26)15-5-2-1-3-6-15/h1-8,11,18-20H,9-10,12-14H2,(H,25,26)/t18?,19-,20-/m1/s1. The zero-order valence-corrected chi connectivity index (χ0v) is 15.1. The highest BCUT2D eigenvalue weighted by molar-refractivity contribution is 5.95. The summed E-state index contributed by atoms with van der Waals surface area (Å²) in [4.78, 5) is 26.5. The number of benzene rings is 2. The van der Waals surface area contributed by atoms with Gasteiger partial charge < -0.3 is 14.7 Å². The second-order valence-electron chi connectivity index (χ2n) is 7.36. The molecule has 0 radical (unpaired) electrons. The van der Waals surface area contributed by atoms with Gasteiger partial charge in [0.25, 0.3) is 5.91 Å². The maximum absolute atomic E-state index is 13.1. The minimum Gasteiger partial charge on any atom is -0.481 e. The van der Waals surface area contributed by atoms with Crippen molar-refractivity contribution in [3.8, 4) is 0 Å². The van der Waals surface area contributed by atoms with E-state index < -0.39 is 11.9 Å². The molecule has 4 rings (SSSR count). The molecule has 2 fully saturated rings. The molecule has 2 saturated heterocycles. The van der Waals surface area contributed by atoms with Gasteiger partial charge in [-0.15, -0.1) is 0 Å². The van der Waals surface area contributed by atoms with Crippen LogP contribution in [0.5, 0.6) is 0 Å². The van der Waals surface area contributed by atoms with Gasteiger partial charge in [-0.3, -0.25) is 9.59 Å². The number of carbonyl (C=O) groups is 2. The summed E-state index contributed by atoms with van der Waals surface area (Å²) in [6, 6.07) is 17.3. The average molecular weight is 365 g/mol. The summed E-state index contributed by atoms with van der Waals surface area (Å²) in [5.41, 5.74) is 2.71. The lowest BCUT2D eigenvalue weighted by atomic mass is 9.89. The molecule has 2 aliphatic rings. The van der Waals surface area contributed by atoms with Gasteiger partial charge >= 0.3 is 5.97 Å². The SMILES string of the molecule is O=C(O)[C@@H]1CN(C(=O)c2cccc(C3CCOC3)c2)C[C@@H]1c1ccccc1. The molecule has 2 aromatic carbocycles. The molecule has 5 heteroatoms. The number of amides is 1. The summed E-state index contributed by atoms with van der Waals surface area (Å²) in [6.45, 7) is 2.12. The van der Waals surface area contributed by atoms with Crippen LogP contribution in [0.4, 0.5) is 0 Å². The fraction of sp³-hybridized carbons (Fsp3) is 0.364. The summed E-state index contributed by atoms with van der Waals surface area (Å²) < 4.78 is 5.45. The summed E-state index contributed by atoms with van der Waals surface area (Å²) in [7, 11) is 0. The summed E-state index contributed by atoms with van der Waals surface area (Å²) in [6.07, 6.45) is 0.971. The lowest BCUT2D eigenvalue weighted by Gasteiger charge is -2.18. The van der Waals surface area contributed by atoms with Crippen LogP contribution in [0.25, 0.3) is 0 Å². The van der Waals surface area contributed by atoms with E-state index in [0.29, 0.717) is 24.6 Å². The molecule has 2 aliphatic heterocycles. The van der Waals surface area contributed by atoms with E-state index >= 15 is 0 Å². The fourth-order valence-electron chi connectivity index (χ4n) is 4.16. The Morgan fingerprint density at radius 1 is 1.00 bits per heavy atom. The van der Waals surface area contributed by atoms with E-state index in [1.54, 1.807) is 4.90 Å². The van der Waals surface area contributed by atoms with Crippen molar-refractivity contribution in [2.75, 3.05) is 26.3 Å². The Kier molecular flexibility index (Phi) is 4.94. The van der Waals surface area contributed by atoms with E-state index in [9.17, 15) is 14.7 Å². The van der Waals surface area contributed by atoms with Gasteiger partial charge in [-0.1, -0.05) is 42.5 Å². The fourth-order valence-corrected chi connectivity index (χ4v) is 4.16. The van der Waals surface area contributed by atoms with Crippen molar-refractivity contribution in [3.05, 3.63) is 71.3 Å². The number of carbonyl (C=O) groups excluding carboxylic acids is 1. The summed E-state index contributed by atoms with van der Waals surface area (Å²) in [5, 5.41) is 9.65. The van der Waals surface area contributed by atoms with Gasteiger partial charge in [0.15, 0.2) is 0 Å². The number of hydrogen-bond donors (Lipinski definition) is 1. The van der Waals surface area contributed by atoms with Crippen molar-refractivity contribution in [1.82, 2.24) is 4.90 Å². The summed E-state index contributed by atoms with van der Waals surface area (Å²) >= 11 is 0. The van der Waals surface area contributed by atoms with Gasteiger partial charge in [-0.25, -0.2) is 0 Å². The van der Waals surface area contributed by atoms with Gasteiger partial charge in [-0.05, 0) is 29.7 Å². The molecule has 0 saturated carbocycles. The van der Waals surface area contributed by atoms with E-state index in [1.165, 1.54) is 0 Å². The van der Waals surface area contributed by atoms with E-state index in [1.807, 2.05) is 54.6 Å². The monoisotopic (exact) mass is 365 g/mol. The van der Waals surface area contributed by atoms with Crippen LogP contribution in [-0.2, 0) is 9.53 Å². The van der Waals surface area contributed by atoms with Crippen molar-refractivity contribution in [2.24, 2.45) is 5.92 Å². The third-order valence-corrected chi connectivity index (χ3v) is 5.69. The highest BCUT2D eigenvalue weighted by atomic mass is 16.5. The highest BCUT2D eigenvalue weighted by Crippen LogP contribution is 2.34. The van der Waals surface area contributed by atoms with Crippen molar-refractivity contribution >= 4 is 11.9 Å². The lowest BCUT2D eigenvalue weighted by Crippen LogP contribution is -2.30. The Bertz CT molecular complexity index is 829. The number of hydrogen-bond acceptors (Lipinski definition) is 3. The third kappa shape index (κ3) is 3.60. The average Bonchev–Trinajstić information content (AvgIpc) is 3.38. The predicted molar refractivity (Wildman–Crippen MR) is 101 cm³/mol.